The van der Waals surface area contributed by atoms with Crippen molar-refractivity contribution in [3.8, 4) is 0 Å². The van der Waals surface area contributed by atoms with Crippen LogP contribution in [0.3, 0.4) is 0 Å². The Morgan fingerprint density at radius 2 is 1.94 bits per heavy atom. The zero-order valence-electron chi connectivity index (χ0n) is 9.96. The summed E-state index contributed by atoms with van der Waals surface area (Å²) in [6, 6.07) is 9.89. The van der Waals surface area contributed by atoms with Crippen LogP contribution in [0, 0.1) is 0 Å². The van der Waals surface area contributed by atoms with Crippen molar-refractivity contribution in [3.05, 3.63) is 48.6 Å². The van der Waals surface area contributed by atoms with Gasteiger partial charge in [0, 0.05) is 13.0 Å². The van der Waals surface area contributed by atoms with Gasteiger partial charge in [0.05, 0.1) is 18.8 Å². The first-order valence-corrected chi connectivity index (χ1v) is 5.82. The van der Waals surface area contributed by atoms with Crippen molar-refractivity contribution in [2.24, 2.45) is 0 Å². The van der Waals surface area contributed by atoms with Crippen molar-refractivity contribution >= 4 is 0 Å². The summed E-state index contributed by atoms with van der Waals surface area (Å²) in [6.07, 6.45) is 1.09. The van der Waals surface area contributed by atoms with Gasteiger partial charge in [-0.15, -0.1) is 6.58 Å². The molecule has 0 fully saturated rings. The maximum Gasteiger partial charge on any atom is 0.0742 e. The molecule has 2 atom stereocenters. The number of aliphatic hydroxyl groups excluding tert-OH is 2. The molecule has 2 N–H and O–H groups in total. The monoisotopic (exact) mass is 236 g/mol. The van der Waals surface area contributed by atoms with Crippen LogP contribution < -0.4 is 0 Å². The number of hydrogen-bond acceptors (Lipinski definition) is 3. The second-order valence-corrected chi connectivity index (χ2v) is 4.02. The van der Waals surface area contributed by atoms with E-state index in [1.807, 2.05) is 30.3 Å². The topological polar surface area (TPSA) is 49.7 Å². The molecule has 0 aliphatic rings. The summed E-state index contributed by atoms with van der Waals surface area (Å²) in [5.41, 5.74) is 1.12. The van der Waals surface area contributed by atoms with Gasteiger partial charge in [-0.2, -0.15) is 0 Å². The van der Waals surface area contributed by atoms with Gasteiger partial charge in [-0.1, -0.05) is 36.4 Å². The molecule has 0 aliphatic heterocycles. The quantitative estimate of drug-likeness (QED) is 0.535. The van der Waals surface area contributed by atoms with Crippen molar-refractivity contribution in [1.29, 1.82) is 0 Å². The van der Waals surface area contributed by atoms with Gasteiger partial charge in [0.2, 0.25) is 0 Å². The molecule has 0 aliphatic carbocycles. The Hall–Kier alpha value is -1.16. The van der Waals surface area contributed by atoms with E-state index in [0.717, 1.165) is 5.56 Å². The molecule has 0 saturated heterocycles. The van der Waals surface area contributed by atoms with E-state index in [9.17, 15) is 10.2 Å². The average Bonchev–Trinajstić information content (AvgIpc) is 2.36. The minimum atomic E-state index is -0.640. The highest BCUT2D eigenvalue weighted by Crippen LogP contribution is 2.05. The van der Waals surface area contributed by atoms with Gasteiger partial charge in [-0.05, 0) is 12.0 Å². The predicted octanol–water partition coefficient (Wildman–Crippen LogP) is 1.89. The summed E-state index contributed by atoms with van der Waals surface area (Å²) < 4.78 is 5.44. The minimum absolute atomic E-state index is 0.318. The Morgan fingerprint density at radius 3 is 2.59 bits per heavy atom. The fraction of sp³-hybridized carbons (Fsp3) is 0.429. The largest absolute Gasteiger partial charge is 0.393 e. The SMILES string of the molecule is C=C[C@H](O)C[C@@H](O)CCOCc1ccccc1. The molecule has 1 rings (SSSR count). The number of hydrogen-bond donors (Lipinski definition) is 2. The molecule has 94 valence electrons. The van der Waals surface area contributed by atoms with E-state index in [2.05, 4.69) is 6.58 Å². The third kappa shape index (κ3) is 6.22. The van der Waals surface area contributed by atoms with Crippen LogP contribution in [-0.2, 0) is 11.3 Å². The Kier molecular flexibility index (Phi) is 6.55. The maximum absolute atomic E-state index is 9.56. The van der Waals surface area contributed by atoms with Gasteiger partial charge in [0.1, 0.15) is 0 Å². The molecule has 17 heavy (non-hydrogen) atoms. The maximum atomic E-state index is 9.56. The van der Waals surface area contributed by atoms with Gasteiger partial charge in [0.25, 0.3) is 0 Å². The molecular formula is C14H20O3. The summed E-state index contributed by atoms with van der Waals surface area (Å²) in [7, 11) is 0. The van der Waals surface area contributed by atoms with Crippen LogP contribution in [0.5, 0.6) is 0 Å². The molecule has 0 heterocycles. The highest BCUT2D eigenvalue weighted by Gasteiger charge is 2.08. The lowest BCUT2D eigenvalue weighted by Crippen LogP contribution is -2.17. The Balaban J connectivity index is 2.10. The standard InChI is InChI=1S/C14H20O3/c1-2-13(15)10-14(16)8-9-17-11-12-6-4-3-5-7-12/h2-7,13-16H,1,8-11H2/t13-,14-/m0/s1. The van der Waals surface area contributed by atoms with E-state index < -0.39 is 12.2 Å². The lowest BCUT2D eigenvalue weighted by molar-refractivity contribution is 0.0517. The number of benzene rings is 1. The molecule has 0 bridgehead atoms. The molecule has 0 aromatic heterocycles. The molecule has 0 spiro atoms. The zero-order valence-corrected chi connectivity index (χ0v) is 9.96. The number of ether oxygens (including phenoxy) is 1. The first-order valence-electron chi connectivity index (χ1n) is 5.82. The number of aliphatic hydroxyl groups is 2. The smallest absolute Gasteiger partial charge is 0.0742 e. The molecule has 0 saturated carbocycles. The molecule has 1 aromatic carbocycles. The molecule has 3 heteroatoms. The van der Waals surface area contributed by atoms with Crippen molar-refractivity contribution in [2.75, 3.05) is 6.61 Å². The van der Waals surface area contributed by atoms with Crippen molar-refractivity contribution in [1.82, 2.24) is 0 Å². The lowest BCUT2D eigenvalue weighted by Gasteiger charge is -2.12. The van der Waals surface area contributed by atoms with E-state index in [-0.39, 0.29) is 0 Å². The van der Waals surface area contributed by atoms with E-state index in [1.54, 1.807) is 0 Å². The highest BCUT2D eigenvalue weighted by molar-refractivity contribution is 5.13. The number of rotatable bonds is 8. The van der Waals surface area contributed by atoms with Gasteiger partial charge >= 0.3 is 0 Å². The first-order chi connectivity index (χ1) is 8.22. The Morgan fingerprint density at radius 1 is 1.24 bits per heavy atom. The second-order valence-electron chi connectivity index (χ2n) is 4.02. The minimum Gasteiger partial charge on any atom is -0.393 e. The molecule has 3 nitrogen and oxygen atoms in total. The van der Waals surface area contributed by atoms with E-state index in [4.69, 9.17) is 4.74 Å². The van der Waals surface area contributed by atoms with Gasteiger partial charge < -0.3 is 14.9 Å². The second kappa shape index (κ2) is 8.01. The zero-order chi connectivity index (χ0) is 12.5. The van der Waals surface area contributed by atoms with Crippen molar-refractivity contribution in [2.45, 2.75) is 31.7 Å². The van der Waals surface area contributed by atoms with Crippen LogP contribution >= 0.6 is 0 Å². The fourth-order valence-corrected chi connectivity index (χ4v) is 1.48. The third-order valence-electron chi connectivity index (χ3n) is 2.49. The normalized spacial score (nSPS) is 14.2. The van der Waals surface area contributed by atoms with Crippen LogP contribution in [-0.4, -0.2) is 29.0 Å². The summed E-state index contributed by atoms with van der Waals surface area (Å²) in [4.78, 5) is 0. The lowest BCUT2D eigenvalue weighted by atomic mass is 10.1. The Bertz CT molecular complexity index is 311. The molecular weight excluding hydrogens is 216 g/mol. The van der Waals surface area contributed by atoms with E-state index >= 15 is 0 Å². The summed E-state index contributed by atoms with van der Waals surface area (Å²) >= 11 is 0. The molecule has 0 unspecified atom stereocenters. The van der Waals surface area contributed by atoms with Crippen LogP contribution in [0.25, 0.3) is 0 Å². The van der Waals surface area contributed by atoms with Gasteiger partial charge in [-0.25, -0.2) is 0 Å². The van der Waals surface area contributed by atoms with Crippen LogP contribution in [0.1, 0.15) is 18.4 Å². The summed E-state index contributed by atoms with van der Waals surface area (Å²) in [5, 5.41) is 18.8. The van der Waals surface area contributed by atoms with E-state index in [0.29, 0.717) is 26.1 Å². The third-order valence-corrected chi connectivity index (χ3v) is 2.49. The first kappa shape index (κ1) is 13.9. The summed E-state index contributed by atoms with van der Waals surface area (Å²) in [6.45, 7) is 4.50. The highest BCUT2D eigenvalue weighted by atomic mass is 16.5. The average molecular weight is 236 g/mol. The Labute approximate surface area is 102 Å². The van der Waals surface area contributed by atoms with Crippen molar-refractivity contribution in [3.63, 3.8) is 0 Å². The fourth-order valence-electron chi connectivity index (χ4n) is 1.48. The molecule has 1 aromatic rings. The van der Waals surface area contributed by atoms with Gasteiger partial charge in [0.15, 0.2) is 0 Å². The van der Waals surface area contributed by atoms with Crippen LogP contribution in [0.4, 0.5) is 0 Å². The van der Waals surface area contributed by atoms with E-state index in [1.165, 1.54) is 6.08 Å². The molecule has 0 amide bonds. The summed E-state index contributed by atoms with van der Waals surface area (Å²) in [5.74, 6) is 0. The predicted molar refractivity (Wildman–Crippen MR) is 67.5 cm³/mol. The molecule has 0 radical (unpaired) electrons. The van der Waals surface area contributed by atoms with Gasteiger partial charge in [-0.3, -0.25) is 0 Å². The van der Waals surface area contributed by atoms with Crippen LogP contribution in [0.2, 0.25) is 0 Å². The van der Waals surface area contributed by atoms with Crippen LogP contribution in [0.15, 0.2) is 43.0 Å². The van der Waals surface area contributed by atoms with Crippen molar-refractivity contribution < 1.29 is 14.9 Å².